The highest BCUT2D eigenvalue weighted by molar-refractivity contribution is 9.10. The monoisotopic (exact) mass is 488 g/mol. The number of likely N-dealkylation sites (tertiary alicyclic amines) is 1. The summed E-state index contributed by atoms with van der Waals surface area (Å²) in [5, 5.41) is 7.78. The molecule has 8 heteroatoms. The predicted octanol–water partition coefficient (Wildman–Crippen LogP) is 5.31. The van der Waals surface area contributed by atoms with Gasteiger partial charge in [0.2, 0.25) is 17.6 Å². The van der Waals surface area contributed by atoms with Crippen LogP contribution in [0.15, 0.2) is 51.5 Å². The molecule has 2 aromatic carbocycles. The second-order valence-corrected chi connectivity index (χ2v) is 8.84. The molecule has 0 bridgehead atoms. The summed E-state index contributed by atoms with van der Waals surface area (Å²) in [4.78, 5) is 19.5. The molecule has 0 saturated carbocycles. The molecule has 1 atom stereocenters. The van der Waals surface area contributed by atoms with Crippen LogP contribution < -0.4 is 5.32 Å². The fourth-order valence-electron chi connectivity index (χ4n) is 3.61. The van der Waals surface area contributed by atoms with Crippen molar-refractivity contribution in [2.75, 3.05) is 18.4 Å². The zero-order chi connectivity index (χ0) is 21.1. The Morgan fingerprint density at radius 3 is 2.87 bits per heavy atom. The predicted molar refractivity (Wildman–Crippen MR) is 120 cm³/mol. The molecule has 156 valence electrons. The van der Waals surface area contributed by atoms with E-state index in [-0.39, 0.29) is 11.8 Å². The number of anilines is 1. The van der Waals surface area contributed by atoms with E-state index in [2.05, 4.69) is 36.3 Å². The van der Waals surface area contributed by atoms with Crippen molar-refractivity contribution in [3.05, 3.63) is 63.4 Å². The lowest BCUT2D eigenvalue weighted by Gasteiger charge is -2.30. The SMILES string of the molecule is Cc1cc(NC(=O)C2CCCN(Cc3nc(-c4ccc(Cl)cc4)no3)C2)ccc1Br. The first-order valence-corrected chi connectivity index (χ1v) is 11.0. The molecule has 0 radical (unpaired) electrons. The van der Waals surface area contributed by atoms with Crippen LogP contribution in [0, 0.1) is 12.8 Å². The molecule has 1 fully saturated rings. The first-order valence-electron chi connectivity index (χ1n) is 9.86. The van der Waals surface area contributed by atoms with Crippen LogP contribution in [0.4, 0.5) is 5.69 Å². The summed E-state index contributed by atoms with van der Waals surface area (Å²) in [6, 6.07) is 13.2. The lowest BCUT2D eigenvalue weighted by Crippen LogP contribution is -2.40. The van der Waals surface area contributed by atoms with Gasteiger partial charge >= 0.3 is 0 Å². The number of rotatable bonds is 5. The van der Waals surface area contributed by atoms with Gasteiger partial charge in [-0.1, -0.05) is 32.7 Å². The minimum atomic E-state index is -0.0682. The first kappa shape index (κ1) is 21.0. The Balaban J connectivity index is 1.36. The van der Waals surface area contributed by atoms with E-state index in [1.807, 2.05) is 37.3 Å². The lowest BCUT2D eigenvalue weighted by atomic mass is 9.97. The molecule has 1 aliphatic heterocycles. The maximum Gasteiger partial charge on any atom is 0.241 e. The number of nitrogens with one attached hydrogen (secondary N) is 1. The number of aromatic nitrogens is 2. The largest absolute Gasteiger partial charge is 0.338 e. The number of hydrogen-bond acceptors (Lipinski definition) is 5. The summed E-state index contributed by atoms with van der Waals surface area (Å²) in [6.45, 7) is 4.10. The number of nitrogens with zero attached hydrogens (tertiary/aromatic N) is 3. The third-order valence-corrected chi connectivity index (χ3v) is 6.37. The molecule has 4 rings (SSSR count). The zero-order valence-electron chi connectivity index (χ0n) is 16.6. The van der Waals surface area contributed by atoms with E-state index in [4.69, 9.17) is 16.1 Å². The van der Waals surface area contributed by atoms with Gasteiger partial charge in [0, 0.05) is 27.3 Å². The van der Waals surface area contributed by atoms with Crippen LogP contribution in [-0.4, -0.2) is 34.0 Å². The number of benzene rings is 2. The molecule has 1 N–H and O–H groups in total. The van der Waals surface area contributed by atoms with E-state index >= 15 is 0 Å². The van der Waals surface area contributed by atoms with Gasteiger partial charge in [-0.15, -0.1) is 0 Å². The molecule has 1 aliphatic rings. The normalized spacial score (nSPS) is 17.1. The van der Waals surface area contributed by atoms with Crippen LogP contribution >= 0.6 is 27.5 Å². The maximum atomic E-state index is 12.8. The lowest BCUT2D eigenvalue weighted by molar-refractivity contribution is -0.121. The van der Waals surface area contributed by atoms with E-state index in [0.717, 1.165) is 40.7 Å². The molecule has 0 aliphatic carbocycles. The van der Waals surface area contributed by atoms with Crippen LogP contribution in [0.5, 0.6) is 0 Å². The molecule has 1 aromatic heterocycles. The fraction of sp³-hybridized carbons (Fsp3) is 0.318. The van der Waals surface area contributed by atoms with Gasteiger partial charge in [-0.05, 0) is 74.3 Å². The second-order valence-electron chi connectivity index (χ2n) is 7.55. The van der Waals surface area contributed by atoms with Crippen molar-refractivity contribution >= 4 is 39.1 Å². The first-order chi connectivity index (χ1) is 14.5. The van der Waals surface area contributed by atoms with Crippen molar-refractivity contribution in [2.24, 2.45) is 5.92 Å². The molecule has 3 aromatic rings. The summed E-state index contributed by atoms with van der Waals surface area (Å²) < 4.78 is 6.46. The summed E-state index contributed by atoms with van der Waals surface area (Å²) in [5.74, 6) is 1.07. The van der Waals surface area contributed by atoms with Crippen molar-refractivity contribution in [3.8, 4) is 11.4 Å². The third kappa shape index (κ3) is 5.09. The number of carbonyl (C=O) groups is 1. The van der Waals surface area contributed by atoms with Crippen LogP contribution in [-0.2, 0) is 11.3 Å². The molecule has 1 unspecified atom stereocenters. The average Bonchev–Trinajstić information content (AvgIpc) is 3.20. The number of piperidine rings is 1. The highest BCUT2D eigenvalue weighted by Gasteiger charge is 2.27. The van der Waals surface area contributed by atoms with E-state index in [1.54, 1.807) is 12.1 Å². The van der Waals surface area contributed by atoms with Crippen molar-refractivity contribution in [2.45, 2.75) is 26.3 Å². The average molecular weight is 490 g/mol. The highest BCUT2D eigenvalue weighted by atomic mass is 79.9. The van der Waals surface area contributed by atoms with Crippen LogP contribution in [0.25, 0.3) is 11.4 Å². The number of amides is 1. The minimum absolute atomic E-state index is 0.0498. The van der Waals surface area contributed by atoms with Crippen LogP contribution in [0.2, 0.25) is 5.02 Å². The molecular formula is C22H22BrClN4O2. The van der Waals surface area contributed by atoms with E-state index in [0.29, 0.717) is 29.8 Å². The van der Waals surface area contributed by atoms with Gasteiger partial charge in [0.25, 0.3) is 0 Å². The van der Waals surface area contributed by atoms with Gasteiger partial charge in [-0.2, -0.15) is 4.98 Å². The van der Waals surface area contributed by atoms with Crippen molar-refractivity contribution in [3.63, 3.8) is 0 Å². The van der Waals surface area contributed by atoms with E-state index in [1.165, 1.54) is 0 Å². The van der Waals surface area contributed by atoms with Crippen molar-refractivity contribution < 1.29 is 9.32 Å². The zero-order valence-corrected chi connectivity index (χ0v) is 18.9. The van der Waals surface area contributed by atoms with Crippen LogP contribution in [0.3, 0.4) is 0 Å². The van der Waals surface area contributed by atoms with Gasteiger partial charge in [-0.25, -0.2) is 0 Å². The molecule has 30 heavy (non-hydrogen) atoms. The summed E-state index contributed by atoms with van der Waals surface area (Å²) in [7, 11) is 0. The minimum Gasteiger partial charge on any atom is -0.338 e. The van der Waals surface area contributed by atoms with E-state index < -0.39 is 0 Å². The second kappa shape index (κ2) is 9.29. The van der Waals surface area contributed by atoms with Gasteiger partial charge in [0.1, 0.15) is 0 Å². The Kier molecular flexibility index (Phi) is 6.51. The summed E-state index contributed by atoms with van der Waals surface area (Å²) in [5.41, 5.74) is 2.77. The van der Waals surface area contributed by atoms with Crippen molar-refractivity contribution in [1.82, 2.24) is 15.0 Å². The third-order valence-electron chi connectivity index (χ3n) is 5.23. The number of hydrogen-bond donors (Lipinski definition) is 1. The standard InChI is InChI=1S/C22H22BrClN4O2/c1-14-11-18(8-9-19(14)23)25-22(29)16-3-2-10-28(12-16)13-20-26-21(27-30-20)15-4-6-17(24)7-5-15/h4-9,11,16H,2-3,10,12-13H2,1H3,(H,25,29). The van der Waals surface area contributed by atoms with Gasteiger partial charge < -0.3 is 9.84 Å². The Morgan fingerprint density at radius 2 is 2.10 bits per heavy atom. The van der Waals surface area contributed by atoms with Crippen LogP contribution in [0.1, 0.15) is 24.3 Å². The Labute approximate surface area is 188 Å². The number of carbonyl (C=O) groups excluding carboxylic acids is 1. The molecule has 6 nitrogen and oxygen atoms in total. The highest BCUT2D eigenvalue weighted by Crippen LogP contribution is 2.24. The van der Waals surface area contributed by atoms with Crippen molar-refractivity contribution in [1.29, 1.82) is 0 Å². The Hall–Kier alpha value is -2.22. The Bertz CT molecular complexity index is 1040. The quantitative estimate of drug-likeness (QED) is 0.526. The maximum absolute atomic E-state index is 12.8. The smallest absolute Gasteiger partial charge is 0.241 e. The Morgan fingerprint density at radius 1 is 1.30 bits per heavy atom. The number of halogens is 2. The fourth-order valence-corrected chi connectivity index (χ4v) is 3.98. The van der Waals surface area contributed by atoms with Gasteiger partial charge in [0.05, 0.1) is 12.5 Å². The molecule has 1 saturated heterocycles. The molecule has 1 amide bonds. The molecule has 2 heterocycles. The summed E-state index contributed by atoms with van der Waals surface area (Å²) >= 11 is 9.42. The number of aryl methyl sites for hydroxylation is 1. The van der Waals surface area contributed by atoms with E-state index in [9.17, 15) is 4.79 Å². The topological polar surface area (TPSA) is 71.3 Å². The molecule has 0 spiro atoms. The summed E-state index contributed by atoms with van der Waals surface area (Å²) in [6.07, 6.45) is 1.83. The van der Waals surface area contributed by atoms with Gasteiger partial charge in [0.15, 0.2) is 0 Å². The molecular weight excluding hydrogens is 468 g/mol. The van der Waals surface area contributed by atoms with Gasteiger partial charge in [-0.3, -0.25) is 9.69 Å².